The Hall–Kier alpha value is -0.570. The minimum Gasteiger partial charge on any atom is -0.459 e. The van der Waals surface area contributed by atoms with Crippen molar-refractivity contribution in [3.63, 3.8) is 0 Å². The summed E-state index contributed by atoms with van der Waals surface area (Å²) in [6, 6.07) is 0. The third-order valence-corrected chi connectivity index (χ3v) is 4.61. The molecule has 0 aromatic rings. The number of esters is 1. The van der Waals surface area contributed by atoms with Crippen molar-refractivity contribution < 1.29 is 14.3 Å². The summed E-state index contributed by atoms with van der Waals surface area (Å²) in [6.07, 6.45) is 0.334. The molecule has 3 nitrogen and oxygen atoms in total. The van der Waals surface area contributed by atoms with E-state index in [4.69, 9.17) is 9.47 Å². The highest BCUT2D eigenvalue weighted by Crippen LogP contribution is 2.56. The number of hydrogen-bond donors (Lipinski definition) is 0. The van der Waals surface area contributed by atoms with Gasteiger partial charge in [0.25, 0.3) is 0 Å². The molecule has 3 fully saturated rings. The first kappa shape index (κ1) is 10.6. The second-order valence-corrected chi connectivity index (χ2v) is 6.14. The van der Waals surface area contributed by atoms with E-state index >= 15 is 0 Å². The van der Waals surface area contributed by atoms with Crippen molar-refractivity contribution >= 4 is 5.97 Å². The summed E-state index contributed by atoms with van der Waals surface area (Å²) >= 11 is 0. The van der Waals surface area contributed by atoms with Crippen LogP contribution in [0.15, 0.2) is 0 Å². The van der Waals surface area contributed by atoms with Gasteiger partial charge in [0.2, 0.25) is 0 Å². The van der Waals surface area contributed by atoms with Crippen LogP contribution in [0.5, 0.6) is 0 Å². The molecule has 6 atom stereocenters. The minimum atomic E-state index is -0.0145. The molecule has 0 spiro atoms. The van der Waals surface area contributed by atoms with Crippen molar-refractivity contribution in [2.45, 2.75) is 46.0 Å². The Bertz CT molecular complexity index is 323. The average molecular weight is 224 g/mol. The number of rotatable bonds is 2. The smallest absolute Gasteiger partial charge is 0.312 e. The molecular formula is C13H20O3. The predicted octanol–water partition coefficient (Wildman–Crippen LogP) is 1.85. The van der Waals surface area contributed by atoms with Gasteiger partial charge in [-0.2, -0.15) is 0 Å². The quantitative estimate of drug-likeness (QED) is 0.671. The van der Waals surface area contributed by atoms with Gasteiger partial charge in [-0.25, -0.2) is 0 Å². The Morgan fingerprint density at radius 1 is 0.938 bits per heavy atom. The maximum absolute atomic E-state index is 11.9. The highest BCUT2D eigenvalue weighted by atomic mass is 16.6. The number of hydrogen-bond acceptors (Lipinski definition) is 3. The monoisotopic (exact) mass is 224 g/mol. The number of carbonyl (C=O) groups is 1. The molecule has 3 saturated heterocycles. The molecular weight excluding hydrogens is 204 g/mol. The number of fused-ring (bicyclic) bond motifs is 1. The lowest BCUT2D eigenvalue weighted by Gasteiger charge is -2.33. The van der Waals surface area contributed by atoms with E-state index in [1.165, 1.54) is 0 Å². The van der Waals surface area contributed by atoms with Crippen LogP contribution in [-0.4, -0.2) is 24.3 Å². The lowest BCUT2D eigenvalue weighted by Crippen LogP contribution is -2.42. The molecule has 3 rings (SSSR count). The van der Waals surface area contributed by atoms with Crippen molar-refractivity contribution in [3.8, 4) is 0 Å². The van der Waals surface area contributed by atoms with Gasteiger partial charge in [-0.15, -0.1) is 0 Å². The van der Waals surface area contributed by atoms with Crippen LogP contribution in [0.2, 0.25) is 0 Å². The topological polar surface area (TPSA) is 35.5 Å². The molecule has 3 aliphatic heterocycles. The SMILES string of the molecule is CC(C)C1C2OC(=O)C3C2OC1C3C(C)C. The van der Waals surface area contributed by atoms with Gasteiger partial charge in [0, 0.05) is 11.8 Å². The summed E-state index contributed by atoms with van der Waals surface area (Å²) in [5.41, 5.74) is 0. The first-order valence-electron chi connectivity index (χ1n) is 6.38. The standard InChI is InChI=1S/C13H20O3/c1-5(2)7-9-12-11(16-13(9)14)8(6(3)4)10(7)15-12/h5-12H,1-4H3. The summed E-state index contributed by atoms with van der Waals surface area (Å²) in [5, 5.41) is 0. The molecule has 3 aliphatic rings. The Kier molecular flexibility index (Phi) is 2.13. The van der Waals surface area contributed by atoms with Crippen LogP contribution in [0.4, 0.5) is 0 Å². The Morgan fingerprint density at radius 2 is 1.56 bits per heavy atom. The van der Waals surface area contributed by atoms with Crippen LogP contribution in [0.1, 0.15) is 27.7 Å². The molecule has 0 radical (unpaired) electrons. The Balaban J connectivity index is 1.98. The fourth-order valence-electron chi connectivity index (χ4n) is 4.02. The first-order chi connectivity index (χ1) is 7.52. The van der Waals surface area contributed by atoms with Crippen LogP contribution in [0, 0.1) is 29.6 Å². The fraction of sp³-hybridized carbons (Fsp3) is 0.923. The van der Waals surface area contributed by atoms with Gasteiger partial charge in [0.15, 0.2) is 0 Å². The van der Waals surface area contributed by atoms with Gasteiger partial charge >= 0.3 is 5.97 Å². The predicted molar refractivity (Wildman–Crippen MR) is 58.7 cm³/mol. The van der Waals surface area contributed by atoms with Crippen LogP contribution in [-0.2, 0) is 14.3 Å². The zero-order chi connectivity index (χ0) is 11.6. The Morgan fingerprint density at radius 3 is 2.12 bits per heavy atom. The van der Waals surface area contributed by atoms with E-state index in [2.05, 4.69) is 27.7 Å². The van der Waals surface area contributed by atoms with Gasteiger partial charge in [-0.3, -0.25) is 4.79 Å². The molecule has 2 bridgehead atoms. The van der Waals surface area contributed by atoms with Crippen LogP contribution in [0.25, 0.3) is 0 Å². The third kappa shape index (κ3) is 1.10. The molecule has 0 saturated carbocycles. The van der Waals surface area contributed by atoms with Gasteiger partial charge in [-0.1, -0.05) is 27.7 Å². The zero-order valence-corrected chi connectivity index (χ0v) is 10.3. The third-order valence-electron chi connectivity index (χ3n) is 4.61. The molecule has 0 N–H and O–H groups in total. The second kappa shape index (κ2) is 3.22. The van der Waals surface area contributed by atoms with Gasteiger partial charge in [-0.05, 0) is 11.8 Å². The van der Waals surface area contributed by atoms with Crippen molar-refractivity contribution in [1.29, 1.82) is 0 Å². The molecule has 3 heterocycles. The summed E-state index contributed by atoms with van der Waals surface area (Å²) in [5.74, 6) is 1.79. The molecule has 0 aromatic heterocycles. The molecule has 16 heavy (non-hydrogen) atoms. The maximum atomic E-state index is 11.9. The Labute approximate surface area is 96.5 Å². The van der Waals surface area contributed by atoms with Gasteiger partial charge in [0.05, 0.1) is 12.0 Å². The number of carbonyl (C=O) groups excluding carboxylic acids is 1. The fourth-order valence-corrected chi connectivity index (χ4v) is 4.02. The average Bonchev–Trinajstić information content (AvgIpc) is 2.74. The molecule has 0 amide bonds. The van der Waals surface area contributed by atoms with E-state index in [1.807, 2.05) is 0 Å². The lowest BCUT2D eigenvalue weighted by molar-refractivity contribution is -0.145. The van der Waals surface area contributed by atoms with Crippen molar-refractivity contribution in [3.05, 3.63) is 0 Å². The van der Waals surface area contributed by atoms with E-state index < -0.39 is 0 Å². The second-order valence-electron chi connectivity index (χ2n) is 6.14. The summed E-state index contributed by atoms with van der Waals surface area (Å²) in [6.45, 7) is 8.78. The normalized spacial score (nSPS) is 49.5. The number of ether oxygens (including phenoxy) is 2. The summed E-state index contributed by atoms with van der Waals surface area (Å²) in [4.78, 5) is 11.9. The summed E-state index contributed by atoms with van der Waals surface area (Å²) < 4.78 is 11.6. The minimum absolute atomic E-state index is 0.0145. The molecule has 6 unspecified atom stereocenters. The van der Waals surface area contributed by atoms with E-state index in [0.29, 0.717) is 23.7 Å². The molecule has 0 aromatic carbocycles. The first-order valence-corrected chi connectivity index (χ1v) is 6.38. The van der Waals surface area contributed by atoms with E-state index in [0.717, 1.165) is 0 Å². The van der Waals surface area contributed by atoms with Crippen molar-refractivity contribution in [2.24, 2.45) is 29.6 Å². The van der Waals surface area contributed by atoms with Crippen molar-refractivity contribution in [1.82, 2.24) is 0 Å². The van der Waals surface area contributed by atoms with Crippen LogP contribution < -0.4 is 0 Å². The van der Waals surface area contributed by atoms with Crippen LogP contribution >= 0.6 is 0 Å². The highest BCUT2D eigenvalue weighted by Gasteiger charge is 2.68. The largest absolute Gasteiger partial charge is 0.459 e. The van der Waals surface area contributed by atoms with E-state index in [9.17, 15) is 4.79 Å². The van der Waals surface area contributed by atoms with Gasteiger partial charge in [0.1, 0.15) is 12.2 Å². The lowest BCUT2D eigenvalue weighted by atomic mass is 9.67. The van der Waals surface area contributed by atoms with Gasteiger partial charge < -0.3 is 9.47 Å². The van der Waals surface area contributed by atoms with Crippen LogP contribution in [0.3, 0.4) is 0 Å². The molecule has 90 valence electrons. The van der Waals surface area contributed by atoms with E-state index in [-0.39, 0.29) is 30.2 Å². The molecule has 3 heteroatoms. The molecule has 0 aliphatic carbocycles. The van der Waals surface area contributed by atoms with E-state index in [1.54, 1.807) is 0 Å². The zero-order valence-electron chi connectivity index (χ0n) is 10.3. The summed E-state index contributed by atoms with van der Waals surface area (Å²) in [7, 11) is 0. The van der Waals surface area contributed by atoms with Crippen molar-refractivity contribution in [2.75, 3.05) is 0 Å². The maximum Gasteiger partial charge on any atom is 0.312 e. The highest BCUT2D eigenvalue weighted by molar-refractivity contribution is 5.77.